The van der Waals surface area contributed by atoms with Crippen molar-refractivity contribution in [1.29, 1.82) is 0 Å². The Labute approximate surface area is 104 Å². The first-order valence-corrected chi connectivity index (χ1v) is 6.76. The second-order valence-corrected chi connectivity index (χ2v) is 5.55. The fourth-order valence-electron chi connectivity index (χ4n) is 2.91. The van der Waals surface area contributed by atoms with E-state index in [9.17, 15) is 4.79 Å². The van der Waals surface area contributed by atoms with Crippen LogP contribution in [0.25, 0.3) is 0 Å². The van der Waals surface area contributed by atoms with E-state index in [4.69, 9.17) is 4.74 Å². The molecule has 0 bridgehead atoms. The van der Waals surface area contributed by atoms with Gasteiger partial charge in [-0.15, -0.1) is 0 Å². The lowest BCUT2D eigenvalue weighted by Gasteiger charge is -2.38. The highest BCUT2D eigenvalue weighted by Crippen LogP contribution is 2.17. The van der Waals surface area contributed by atoms with E-state index in [1.54, 1.807) is 0 Å². The normalized spacial score (nSPS) is 39.1. The zero-order valence-electron chi connectivity index (χ0n) is 11.1. The molecule has 0 aromatic carbocycles. The monoisotopic (exact) mass is 240 g/mol. The van der Waals surface area contributed by atoms with E-state index in [1.165, 1.54) is 6.42 Å². The SMILES string of the molecule is CC1CCCC(C(=O)N2CC(C)OC(C)C2)N1. The molecular formula is C13H24N2O2. The van der Waals surface area contributed by atoms with Crippen molar-refractivity contribution in [2.24, 2.45) is 0 Å². The van der Waals surface area contributed by atoms with E-state index in [0.717, 1.165) is 25.9 Å². The van der Waals surface area contributed by atoms with Crippen LogP contribution in [0.5, 0.6) is 0 Å². The van der Waals surface area contributed by atoms with Crippen LogP contribution >= 0.6 is 0 Å². The van der Waals surface area contributed by atoms with Crippen molar-refractivity contribution in [3.8, 4) is 0 Å². The van der Waals surface area contributed by atoms with Crippen LogP contribution in [0.4, 0.5) is 0 Å². The van der Waals surface area contributed by atoms with Gasteiger partial charge in [0, 0.05) is 19.1 Å². The predicted molar refractivity (Wildman–Crippen MR) is 66.8 cm³/mol. The third-order valence-electron chi connectivity index (χ3n) is 3.65. The summed E-state index contributed by atoms with van der Waals surface area (Å²) in [5, 5.41) is 3.41. The molecule has 0 aromatic rings. The lowest BCUT2D eigenvalue weighted by atomic mass is 9.98. The smallest absolute Gasteiger partial charge is 0.239 e. The Morgan fingerprint density at radius 2 is 1.82 bits per heavy atom. The van der Waals surface area contributed by atoms with Crippen LogP contribution in [0.2, 0.25) is 0 Å². The van der Waals surface area contributed by atoms with Crippen molar-refractivity contribution in [3.63, 3.8) is 0 Å². The minimum absolute atomic E-state index is 0.0243. The standard InChI is InChI=1S/C13H24N2O2/c1-9-5-4-6-12(14-9)13(16)15-7-10(2)17-11(3)8-15/h9-12,14H,4-8H2,1-3H3. The number of ether oxygens (including phenoxy) is 1. The third kappa shape index (κ3) is 3.19. The topological polar surface area (TPSA) is 41.6 Å². The number of carbonyl (C=O) groups is 1. The number of nitrogens with one attached hydrogen (secondary N) is 1. The molecule has 1 N–H and O–H groups in total. The summed E-state index contributed by atoms with van der Waals surface area (Å²) >= 11 is 0. The Morgan fingerprint density at radius 3 is 2.41 bits per heavy atom. The van der Waals surface area contributed by atoms with Crippen LogP contribution in [0.1, 0.15) is 40.0 Å². The molecule has 2 heterocycles. The Morgan fingerprint density at radius 1 is 1.18 bits per heavy atom. The van der Waals surface area contributed by atoms with Crippen LogP contribution in [0.3, 0.4) is 0 Å². The van der Waals surface area contributed by atoms with E-state index in [2.05, 4.69) is 12.2 Å². The first-order valence-electron chi connectivity index (χ1n) is 6.76. The molecule has 4 unspecified atom stereocenters. The zero-order chi connectivity index (χ0) is 12.4. The van der Waals surface area contributed by atoms with E-state index in [-0.39, 0.29) is 24.2 Å². The van der Waals surface area contributed by atoms with Gasteiger partial charge in [-0.05, 0) is 40.0 Å². The molecule has 0 saturated carbocycles. The molecule has 2 fully saturated rings. The maximum absolute atomic E-state index is 12.4. The largest absolute Gasteiger partial charge is 0.372 e. The summed E-state index contributed by atoms with van der Waals surface area (Å²) in [5.41, 5.74) is 0. The number of nitrogens with zero attached hydrogens (tertiary/aromatic N) is 1. The van der Waals surface area contributed by atoms with Gasteiger partial charge in [0.05, 0.1) is 18.2 Å². The average Bonchev–Trinajstić information content (AvgIpc) is 2.26. The quantitative estimate of drug-likeness (QED) is 0.747. The molecule has 98 valence electrons. The van der Waals surface area contributed by atoms with Crippen molar-refractivity contribution in [3.05, 3.63) is 0 Å². The number of rotatable bonds is 1. The second kappa shape index (κ2) is 5.36. The van der Waals surface area contributed by atoms with Crippen molar-refractivity contribution in [1.82, 2.24) is 10.2 Å². The molecule has 17 heavy (non-hydrogen) atoms. The van der Waals surface area contributed by atoms with Crippen molar-refractivity contribution >= 4 is 5.91 Å². The van der Waals surface area contributed by atoms with E-state index in [1.807, 2.05) is 18.7 Å². The molecule has 2 aliphatic rings. The van der Waals surface area contributed by atoms with E-state index < -0.39 is 0 Å². The van der Waals surface area contributed by atoms with Gasteiger partial charge in [0.25, 0.3) is 0 Å². The number of carbonyl (C=O) groups excluding carboxylic acids is 1. The van der Waals surface area contributed by atoms with Crippen LogP contribution in [-0.2, 0) is 9.53 Å². The average molecular weight is 240 g/mol. The predicted octanol–water partition coefficient (Wildman–Crippen LogP) is 1.15. The molecule has 0 radical (unpaired) electrons. The highest BCUT2D eigenvalue weighted by Gasteiger charge is 2.32. The maximum Gasteiger partial charge on any atom is 0.239 e. The van der Waals surface area contributed by atoms with Crippen LogP contribution < -0.4 is 5.32 Å². The minimum Gasteiger partial charge on any atom is -0.372 e. The van der Waals surface area contributed by atoms with Gasteiger partial charge in [-0.1, -0.05) is 0 Å². The maximum atomic E-state index is 12.4. The van der Waals surface area contributed by atoms with Gasteiger partial charge in [-0.2, -0.15) is 0 Å². The lowest BCUT2D eigenvalue weighted by Crippen LogP contribution is -2.56. The Kier molecular flexibility index (Phi) is 4.05. The fourth-order valence-corrected chi connectivity index (χ4v) is 2.91. The summed E-state index contributed by atoms with van der Waals surface area (Å²) in [6.45, 7) is 7.69. The first kappa shape index (κ1) is 12.8. The molecule has 4 heteroatoms. The first-order chi connectivity index (χ1) is 8.06. The molecule has 4 atom stereocenters. The van der Waals surface area contributed by atoms with E-state index in [0.29, 0.717) is 6.04 Å². The number of morpholine rings is 1. The van der Waals surface area contributed by atoms with Crippen molar-refractivity contribution in [2.75, 3.05) is 13.1 Å². The summed E-state index contributed by atoms with van der Waals surface area (Å²) in [7, 11) is 0. The summed E-state index contributed by atoms with van der Waals surface area (Å²) in [5.74, 6) is 0.263. The van der Waals surface area contributed by atoms with Crippen molar-refractivity contribution < 1.29 is 9.53 Å². The lowest BCUT2D eigenvalue weighted by molar-refractivity contribution is -0.146. The second-order valence-electron chi connectivity index (χ2n) is 5.55. The Bertz CT molecular complexity index is 273. The summed E-state index contributed by atoms with van der Waals surface area (Å²) in [6, 6.07) is 0.491. The van der Waals surface area contributed by atoms with Gasteiger partial charge in [0.15, 0.2) is 0 Å². The van der Waals surface area contributed by atoms with Gasteiger partial charge in [0.1, 0.15) is 0 Å². The van der Waals surface area contributed by atoms with Gasteiger partial charge in [-0.25, -0.2) is 0 Å². The van der Waals surface area contributed by atoms with Gasteiger partial charge < -0.3 is 15.0 Å². The molecule has 0 spiro atoms. The molecule has 2 saturated heterocycles. The highest BCUT2D eigenvalue weighted by molar-refractivity contribution is 5.82. The number of hydrogen-bond donors (Lipinski definition) is 1. The third-order valence-corrected chi connectivity index (χ3v) is 3.65. The molecule has 0 aromatic heterocycles. The molecule has 1 amide bonds. The van der Waals surface area contributed by atoms with E-state index >= 15 is 0 Å². The summed E-state index contributed by atoms with van der Waals surface area (Å²) in [6.07, 6.45) is 3.62. The van der Waals surface area contributed by atoms with Crippen LogP contribution in [0.15, 0.2) is 0 Å². The number of piperidine rings is 1. The Hall–Kier alpha value is -0.610. The van der Waals surface area contributed by atoms with Crippen molar-refractivity contribution in [2.45, 2.75) is 64.3 Å². The molecule has 4 nitrogen and oxygen atoms in total. The highest BCUT2D eigenvalue weighted by atomic mass is 16.5. The number of hydrogen-bond acceptors (Lipinski definition) is 3. The molecule has 2 rings (SSSR count). The molecule has 2 aliphatic heterocycles. The van der Waals surface area contributed by atoms with Crippen LogP contribution in [-0.4, -0.2) is 48.2 Å². The van der Waals surface area contributed by atoms with Gasteiger partial charge in [-0.3, -0.25) is 4.79 Å². The molecular weight excluding hydrogens is 216 g/mol. The summed E-state index contributed by atoms with van der Waals surface area (Å²) in [4.78, 5) is 14.4. The minimum atomic E-state index is 0.0243. The fraction of sp³-hybridized carbons (Fsp3) is 0.923. The number of amides is 1. The zero-order valence-corrected chi connectivity index (χ0v) is 11.1. The summed E-state index contributed by atoms with van der Waals surface area (Å²) < 4.78 is 5.66. The van der Waals surface area contributed by atoms with Gasteiger partial charge >= 0.3 is 0 Å². The van der Waals surface area contributed by atoms with Gasteiger partial charge in [0.2, 0.25) is 5.91 Å². The molecule has 0 aliphatic carbocycles. The Balaban J connectivity index is 1.94. The van der Waals surface area contributed by atoms with Crippen LogP contribution in [0, 0.1) is 0 Å².